The second-order valence-electron chi connectivity index (χ2n) is 9.74. The fraction of sp³-hybridized carbons (Fsp3) is 0.172. The molecule has 0 spiro atoms. The maximum atomic E-state index is 15.1. The Bertz CT molecular complexity index is 1820. The fourth-order valence-corrected chi connectivity index (χ4v) is 4.69. The number of fused-ring (bicyclic) bond motifs is 2. The first-order valence-corrected chi connectivity index (χ1v) is 12.5. The molecule has 10 heteroatoms. The van der Waals surface area contributed by atoms with Gasteiger partial charge in [0.2, 0.25) is 0 Å². The molecule has 0 aliphatic carbocycles. The molecule has 0 aliphatic rings. The number of aromatic nitrogens is 6. The monoisotopic (exact) mass is 524 g/mol. The van der Waals surface area contributed by atoms with E-state index in [0.717, 1.165) is 17.7 Å². The van der Waals surface area contributed by atoms with Crippen LogP contribution in [-0.4, -0.2) is 62.2 Å². The fourth-order valence-electron chi connectivity index (χ4n) is 4.69. The van der Waals surface area contributed by atoms with Crippen molar-refractivity contribution in [2.45, 2.75) is 6.92 Å². The van der Waals surface area contributed by atoms with Crippen LogP contribution in [0.2, 0.25) is 0 Å². The third-order valence-corrected chi connectivity index (χ3v) is 6.66. The molecule has 196 valence electrons. The lowest BCUT2D eigenvalue weighted by Crippen LogP contribution is -2.20. The van der Waals surface area contributed by atoms with Crippen LogP contribution in [0.5, 0.6) is 0 Å². The molecule has 0 aliphatic heterocycles. The van der Waals surface area contributed by atoms with Crippen molar-refractivity contribution >= 4 is 27.6 Å². The van der Waals surface area contributed by atoms with Gasteiger partial charge < -0.3 is 15.2 Å². The highest BCUT2D eigenvalue weighted by Gasteiger charge is 2.19. The van der Waals surface area contributed by atoms with Gasteiger partial charge in [0, 0.05) is 53.9 Å². The first-order chi connectivity index (χ1) is 18.9. The van der Waals surface area contributed by atoms with Crippen LogP contribution in [0.4, 0.5) is 14.5 Å². The lowest BCUT2D eigenvalue weighted by molar-refractivity contribution is 0.425. The van der Waals surface area contributed by atoms with E-state index in [9.17, 15) is 4.39 Å². The topological polar surface area (TPSA) is 98.4 Å². The van der Waals surface area contributed by atoms with E-state index in [1.54, 1.807) is 24.7 Å². The van der Waals surface area contributed by atoms with Gasteiger partial charge in [-0.15, -0.1) is 0 Å². The number of benzene rings is 2. The van der Waals surface area contributed by atoms with Crippen molar-refractivity contribution in [2.24, 2.45) is 0 Å². The molecule has 8 nitrogen and oxygen atoms in total. The van der Waals surface area contributed by atoms with Crippen LogP contribution in [0.3, 0.4) is 0 Å². The minimum absolute atomic E-state index is 0.215. The smallest absolute Gasteiger partial charge is 0.157 e. The number of nitrogens with one attached hydrogen (secondary N) is 3. The predicted octanol–water partition coefficient (Wildman–Crippen LogP) is 5.79. The van der Waals surface area contributed by atoms with Crippen molar-refractivity contribution in [3.05, 3.63) is 78.3 Å². The first-order valence-electron chi connectivity index (χ1n) is 12.5. The second kappa shape index (κ2) is 9.88. The van der Waals surface area contributed by atoms with Gasteiger partial charge >= 0.3 is 0 Å². The molecule has 0 atom stereocenters. The van der Waals surface area contributed by atoms with Crippen molar-refractivity contribution < 1.29 is 8.78 Å². The summed E-state index contributed by atoms with van der Waals surface area (Å²) in [5.41, 5.74) is 6.35. The molecule has 2 aromatic carbocycles. The molecule has 0 unspecified atom stereocenters. The van der Waals surface area contributed by atoms with Gasteiger partial charge in [-0.1, -0.05) is 0 Å². The molecule has 0 saturated carbocycles. The van der Waals surface area contributed by atoms with Crippen LogP contribution in [0, 0.1) is 18.6 Å². The summed E-state index contributed by atoms with van der Waals surface area (Å²) in [7, 11) is 3.97. The van der Waals surface area contributed by atoms with E-state index in [1.165, 1.54) is 18.2 Å². The summed E-state index contributed by atoms with van der Waals surface area (Å²) in [5, 5.41) is 11.0. The zero-order chi connectivity index (χ0) is 27.1. The summed E-state index contributed by atoms with van der Waals surface area (Å²) in [4.78, 5) is 18.9. The highest BCUT2D eigenvalue weighted by atomic mass is 19.1. The van der Waals surface area contributed by atoms with Crippen molar-refractivity contribution in [1.29, 1.82) is 0 Å². The Kier molecular flexibility index (Phi) is 6.24. The maximum absolute atomic E-state index is 15.1. The summed E-state index contributed by atoms with van der Waals surface area (Å²) in [6.07, 6.45) is 5.08. The first kappa shape index (κ1) is 24.6. The molecule has 39 heavy (non-hydrogen) atoms. The Balaban J connectivity index is 1.43. The van der Waals surface area contributed by atoms with Crippen LogP contribution in [-0.2, 0) is 0 Å². The number of nitrogens with zero attached hydrogens (tertiary/aromatic N) is 5. The molecule has 6 aromatic rings. The van der Waals surface area contributed by atoms with E-state index in [1.807, 2.05) is 44.1 Å². The lowest BCUT2D eigenvalue weighted by atomic mass is 10.0. The van der Waals surface area contributed by atoms with Gasteiger partial charge in [0.05, 0.1) is 11.2 Å². The van der Waals surface area contributed by atoms with Crippen LogP contribution in [0.1, 0.15) is 5.56 Å². The van der Waals surface area contributed by atoms with Gasteiger partial charge in [0.15, 0.2) is 11.6 Å². The van der Waals surface area contributed by atoms with Gasteiger partial charge in [-0.3, -0.25) is 15.1 Å². The van der Waals surface area contributed by atoms with Crippen LogP contribution in [0.25, 0.3) is 55.8 Å². The zero-order valence-electron chi connectivity index (χ0n) is 21.7. The number of pyridine rings is 2. The van der Waals surface area contributed by atoms with Crippen LogP contribution < -0.4 is 5.32 Å². The van der Waals surface area contributed by atoms with E-state index in [0.29, 0.717) is 57.0 Å². The quantitative estimate of drug-likeness (QED) is 0.245. The summed E-state index contributed by atoms with van der Waals surface area (Å²) in [6.45, 7) is 3.44. The van der Waals surface area contributed by atoms with Crippen LogP contribution in [0.15, 0.2) is 61.1 Å². The minimum atomic E-state index is -0.444. The van der Waals surface area contributed by atoms with E-state index in [2.05, 4.69) is 30.5 Å². The number of likely N-dealkylation sites (N-methyl/N-ethyl adjacent to an activating group) is 1. The number of hydrogen-bond donors (Lipinski definition) is 3. The van der Waals surface area contributed by atoms with Crippen molar-refractivity contribution in [2.75, 3.05) is 32.5 Å². The van der Waals surface area contributed by atoms with Crippen molar-refractivity contribution in [3.63, 3.8) is 0 Å². The van der Waals surface area contributed by atoms with Gasteiger partial charge in [0.1, 0.15) is 22.5 Å². The Morgan fingerprint density at radius 2 is 1.85 bits per heavy atom. The number of aromatic amines is 2. The van der Waals surface area contributed by atoms with E-state index in [4.69, 9.17) is 4.98 Å². The Morgan fingerprint density at radius 3 is 2.67 bits per heavy atom. The minimum Gasteiger partial charge on any atom is -0.384 e. The standard InChI is InChI=1S/C29H26F2N8/c1-16-4-6-32-15-22(16)17-12-21-26(23(31)13-17)37-38-27(21)29-35-24-5-7-34-25(28(24)36-29)18-10-19(30)14-20(11-18)33-8-9-39(2)3/h4-7,10-15,33H,8-9H2,1-3H3,(H,35,36)(H,37,38). The Labute approximate surface area is 223 Å². The predicted molar refractivity (Wildman–Crippen MR) is 149 cm³/mol. The molecule has 4 heterocycles. The van der Waals surface area contributed by atoms with E-state index >= 15 is 4.39 Å². The zero-order valence-corrected chi connectivity index (χ0v) is 21.7. The number of aryl methyl sites for hydroxylation is 1. The average Bonchev–Trinajstić information content (AvgIpc) is 3.53. The Hall–Kier alpha value is -4.70. The molecule has 0 radical (unpaired) electrons. The average molecular weight is 525 g/mol. The summed E-state index contributed by atoms with van der Waals surface area (Å²) >= 11 is 0. The lowest BCUT2D eigenvalue weighted by Gasteiger charge is -2.12. The van der Waals surface area contributed by atoms with Gasteiger partial charge in [-0.2, -0.15) is 5.10 Å². The van der Waals surface area contributed by atoms with Gasteiger partial charge in [-0.05, 0) is 74.6 Å². The van der Waals surface area contributed by atoms with Crippen molar-refractivity contribution in [3.8, 4) is 33.9 Å². The molecule has 0 saturated heterocycles. The number of halogens is 2. The third kappa shape index (κ3) is 4.70. The molecular formula is C29H26F2N8. The largest absolute Gasteiger partial charge is 0.384 e. The molecule has 6 rings (SSSR count). The molecule has 0 fully saturated rings. The molecule has 4 aromatic heterocycles. The summed E-state index contributed by atoms with van der Waals surface area (Å²) in [6, 6.07) is 11.8. The number of H-pyrrole nitrogens is 2. The summed E-state index contributed by atoms with van der Waals surface area (Å²) in [5.74, 6) is -0.342. The van der Waals surface area contributed by atoms with Crippen LogP contribution >= 0.6 is 0 Å². The van der Waals surface area contributed by atoms with Gasteiger partial charge in [0.25, 0.3) is 0 Å². The van der Waals surface area contributed by atoms with E-state index in [-0.39, 0.29) is 11.3 Å². The highest BCUT2D eigenvalue weighted by Crippen LogP contribution is 2.34. The van der Waals surface area contributed by atoms with E-state index < -0.39 is 5.82 Å². The Morgan fingerprint density at radius 1 is 0.974 bits per heavy atom. The summed E-state index contributed by atoms with van der Waals surface area (Å²) < 4.78 is 29.7. The number of rotatable bonds is 7. The highest BCUT2D eigenvalue weighted by molar-refractivity contribution is 5.98. The normalized spacial score (nSPS) is 11.6. The molecule has 3 N–H and O–H groups in total. The van der Waals surface area contributed by atoms with Crippen molar-refractivity contribution in [1.82, 2.24) is 35.0 Å². The number of anilines is 1. The molecular weight excluding hydrogens is 498 g/mol. The molecule has 0 amide bonds. The SMILES string of the molecule is Cc1ccncc1-c1cc(F)c2n[nH]c(-c3nc4c(-c5cc(F)cc(NCCN(C)C)c5)nccc4[nH]3)c2c1. The maximum Gasteiger partial charge on any atom is 0.157 e. The third-order valence-electron chi connectivity index (χ3n) is 6.66. The van der Waals surface area contributed by atoms with Gasteiger partial charge in [-0.25, -0.2) is 13.8 Å². The molecule has 0 bridgehead atoms. The number of imidazole rings is 1. The second-order valence-corrected chi connectivity index (χ2v) is 9.74. The number of hydrogen-bond acceptors (Lipinski definition) is 6.